The summed E-state index contributed by atoms with van der Waals surface area (Å²) in [6.07, 6.45) is 7.31. The second-order valence-corrected chi connectivity index (χ2v) is 9.26. The van der Waals surface area contributed by atoms with Crippen LogP contribution in [0.3, 0.4) is 0 Å². The van der Waals surface area contributed by atoms with Gasteiger partial charge in [0.1, 0.15) is 0 Å². The monoisotopic (exact) mass is 460 g/mol. The van der Waals surface area contributed by atoms with Crippen molar-refractivity contribution in [3.63, 3.8) is 0 Å². The predicted octanol–water partition coefficient (Wildman–Crippen LogP) is 3.97. The number of aromatic nitrogens is 3. The number of rotatable bonds is 7. The summed E-state index contributed by atoms with van der Waals surface area (Å²) in [7, 11) is 0. The van der Waals surface area contributed by atoms with Crippen molar-refractivity contribution in [3.8, 4) is 0 Å². The Labute approximate surface area is 195 Å². The topological polar surface area (TPSA) is 88.3 Å². The zero-order valence-electron chi connectivity index (χ0n) is 18.3. The number of amides is 1. The van der Waals surface area contributed by atoms with E-state index in [4.69, 9.17) is 0 Å². The van der Waals surface area contributed by atoms with Gasteiger partial charge in [-0.3, -0.25) is 24.0 Å². The van der Waals surface area contributed by atoms with Crippen molar-refractivity contribution in [3.05, 3.63) is 76.7 Å². The molecule has 3 heterocycles. The van der Waals surface area contributed by atoms with Gasteiger partial charge in [-0.15, -0.1) is 11.3 Å². The maximum Gasteiger partial charge on any atom is 0.262 e. The van der Waals surface area contributed by atoms with Crippen LogP contribution < -0.4 is 4.90 Å². The molecule has 1 fully saturated rings. The third-order valence-electron chi connectivity index (χ3n) is 6.13. The van der Waals surface area contributed by atoms with Crippen molar-refractivity contribution in [1.29, 1.82) is 0 Å². The molecule has 0 radical (unpaired) electrons. The van der Waals surface area contributed by atoms with Crippen molar-refractivity contribution in [1.82, 2.24) is 14.5 Å². The summed E-state index contributed by atoms with van der Waals surface area (Å²) >= 11 is 1.46. The number of anilines is 1. The third-order valence-corrected chi connectivity index (χ3v) is 6.92. The maximum atomic E-state index is 13.5. The third kappa shape index (κ3) is 4.19. The fourth-order valence-corrected chi connectivity index (χ4v) is 4.85. The van der Waals surface area contributed by atoms with Gasteiger partial charge in [0.15, 0.2) is 5.13 Å². The molecule has 3 aromatic heterocycles. The minimum Gasteiger partial charge on any atom is -0.392 e. The molecular formula is C25H24N4O3S. The number of carbonyl (C=O) groups excluding carboxylic acids is 2. The Morgan fingerprint density at radius 1 is 1.18 bits per heavy atom. The van der Waals surface area contributed by atoms with Gasteiger partial charge in [-0.25, -0.2) is 4.98 Å². The molecule has 0 unspecified atom stereocenters. The van der Waals surface area contributed by atoms with E-state index in [-0.39, 0.29) is 24.8 Å². The van der Waals surface area contributed by atoms with Crippen molar-refractivity contribution in [2.24, 2.45) is 5.92 Å². The van der Waals surface area contributed by atoms with E-state index in [1.807, 2.05) is 24.4 Å². The van der Waals surface area contributed by atoms with E-state index in [9.17, 15) is 14.7 Å². The summed E-state index contributed by atoms with van der Waals surface area (Å²) in [5.41, 5.74) is 3.50. The van der Waals surface area contributed by atoms with Crippen molar-refractivity contribution in [2.45, 2.75) is 32.8 Å². The quantitative estimate of drug-likeness (QED) is 0.451. The molecule has 1 aromatic carbocycles. The molecule has 4 aromatic rings. The van der Waals surface area contributed by atoms with Crippen LogP contribution in [0.4, 0.5) is 5.13 Å². The van der Waals surface area contributed by atoms with Crippen LogP contribution >= 0.6 is 11.3 Å². The summed E-state index contributed by atoms with van der Waals surface area (Å²) in [6, 6.07) is 8.87. The van der Waals surface area contributed by atoms with Crippen LogP contribution in [0.5, 0.6) is 0 Å². The van der Waals surface area contributed by atoms with Crippen molar-refractivity contribution in [2.75, 3.05) is 11.4 Å². The first-order valence-electron chi connectivity index (χ1n) is 10.9. The Morgan fingerprint density at radius 2 is 1.97 bits per heavy atom. The fraction of sp³-hybridized carbons (Fsp3) is 0.280. The molecule has 1 aliphatic carbocycles. The molecule has 0 atom stereocenters. The molecule has 8 heteroatoms. The molecule has 1 saturated carbocycles. The summed E-state index contributed by atoms with van der Waals surface area (Å²) in [5.74, 6) is 0.310. The van der Waals surface area contributed by atoms with Gasteiger partial charge in [0.05, 0.1) is 18.5 Å². The number of nitrogens with zero attached hydrogens (tertiary/aromatic N) is 4. The molecule has 1 amide bonds. The molecule has 5 rings (SSSR count). The lowest BCUT2D eigenvalue weighted by Gasteiger charge is -2.20. The lowest BCUT2D eigenvalue weighted by atomic mass is 10.0. The highest BCUT2D eigenvalue weighted by Crippen LogP contribution is 2.34. The van der Waals surface area contributed by atoms with Gasteiger partial charge in [0.2, 0.25) is 5.91 Å². The van der Waals surface area contributed by atoms with Gasteiger partial charge in [-0.05, 0) is 61.1 Å². The summed E-state index contributed by atoms with van der Waals surface area (Å²) in [4.78, 5) is 37.1. The standard InChI is InChI=1S/C25H24N4O3S/c1-16-20(13-23(31)28(14-17-2-3-17)25-27-10-11-33-25)21-12-18(15-30)4-5-22(21)29(16)24(32)19-6-8-26-9-7-19/h4-12,17,30H,2-3,13-15H2,1H3. The highest BCUT2D eigenvalue weighted by atomic mass is 32.1. The first-order valence-corrected chi connectivity index (χ1v) is 11.8. The van der Waals surface area contributed by atoms with Crippen LogP contribution in [0, 0.1) is 12.8 Å². The number of fused-ring (bicyclic) bond motifs is 1. The molecule has 1 N–H and O–H groups in total. The van der Waals surface area contributed by atoms with E-state index < -0.39 is 0 Å². The van der Waals surface area contributed by atoms with E-state index in [0.717, 1.165) is 40.6 Å². The molecule has 0 saturated heterocycles. The highest BCUT2D eigenvalue weighted by Gasteiger charge is 2.30. The van der Waals surface area contributed by atoms with Gasteiger partial charge in [0, 0.05) is 47.2 Å². The lowest BCUT2D eigenvalue weighted by Crippen LogP contribution is -2.34. The van der Waals surface area contributed by atoms with E-state index in [0.29, 0.717) is 23.2 Å². The van der Waals surface area contributed by atoms with Crippen molar-refractivity contribution >= 4 is 39.2 Å². The van der Waals surface area contributed by atoms with E-state index in [2.05, 4.69) is 9.97 Å². The van der Waals surface area contributed by atoms with E-state index in [1.165, 1.54) is 11.3 Å². The number of aliphatic hydroxyl groups is 1. The summed E-state index contributed by atoms with van der Waals surface area (Å²) in [5, 5.41) is 13.1. The van der Waals surface area contributed by atoms with Crippen LogP contribution in [0.2, 0.25) is 0 Å². The van der Waals surface area contributed by atoms with Crippen LogP contribution in [0.25, 0.3) is 10.9 Å². The Kier molecular flexibility index (Phi) is 5.78. The van der Waals surface area contributed by atoms with Gasteiger partial charge < -0.3 is 5.11 Å². The Hall–Kier alpha value is -3.36. The average Bonchev–Trinajstić information content (AvgIpc) is 3.42. The van der Waals surface area contributed by atoms with Crippen LogP contribution in [-0.4, -0.2) is 38.0 Å². The molecule has 168 valence electrons. The number of thiazole rings is 1. The highest BCUT2D eigenvalue weighted by molar-refractivity contribution is 7.13. The smallest absolute Gasteiger partial charge is 0.262 e. The second-order valence-electron chi connectivity index (χ2n) is 8.39. The zero-order valence-corrected chi connectivity index (χ0v) is 19.1. The Balaban J connectivity index is 1.57. The minimum absolute atomic E-state index is 0.0373. The fourth-order valence-electron chi connectivity index (χ4n) is 4.18. The molecule has 1 aliphatic rings. The average molecular weight is 461 g/mol. The van der Waals surface area contributed by atoms with Crippen molar-refractivity contribution < 1.29 is 14.7 Å². The molecular weight excluding hydrogens is 436 g/mol. The van der Waals surface area contributed by atoms with E-state index >= 15 is 0 Å². The largest absolute Gasteiger partial charge is 0.392 e. The SMILES string of the molecule is Cc1c(CC(=O)N(CC2CC2)c2nccs2)c2cc(CO)ccc2n1C(=O)c1ccncc1. The minimum atomic E-state index is -0.176. The van der Waals surface area contributed by atoms with Gasteiger partial charge >= 0.3 is 0 Å². The summed E-state index contributed by atoms with van der Waals surface area (Å²) < 4.78 is 1.66. The number of aliphatic hydroxyl groups excluding tert-OH is 1. The number of carbonyl (C=O) groups is 2. The van der Waals surface area contributed by atoms with Crippen LogP contribution in [0.15, 0.2) is 54.3 Å². The summed E-state index contributed by atoms with van der Waals surface area (Å²) in [6.45, 7) is 2.43. The number of hydrogen-bond acceptors (Lipinski definition) is 6. The van der Waals surface area contributed by atoms with Gasteiger partial charge in [-0.1, -0.05) is 6.07 Å². The Morgan fingerprint density at radius 3 is 2.64 bits per heavy atom. The van der Waals surface area contributed by atoms with Crippen LogP contribution in [0.1, 0.15) is 40.0 Å². The number of hydrogen-bond donors (Lipinski definition) is 1. The second kappa shape index (κ2) is 8.88. The zero-order chi connectivity index (χ0) is 22.9. The first kappa shape index (κ1) is 21.5. The molecule has 0 spiro atoms. The van der Waals surface area contributed by atoms with Gasteiger partial charge in [-0.2, -0.15) is 0 Å². The predicted molar refractivity (Wildman–Crippen MR) is 127 cm³/mol. The normalized spacial score (nSPS) is 13.4. The number of pyridine rings is 1. The van der Waals surface area contributed by atoms with Crippen LogP contribution in [-0.2, 0) is 17.8 Å². The first-order chi connectivity index (χ1) is 16.1. The molecule has 7 nitrogen and oxygen atoms in total. The molecule has 0 bridgehead atoms. The van der Waals surface area contributed by atoms with E-state index in [1.54, 1.807) is 46.3 Å². The number of benzene rings is 1. The lowest BCUT2D eigenvalue weighted by molar-refractivity contribution is -0.118. The Bertz CT molecular complexity index is 1310. The molecule has 33 heavy (non-hydrogen) atoms. The maximum absolute atomic E-state index is 13.5. The van der Waals surface area contributed by atoms with Gasteiger partial charge in [0.25, 0.3) is 5.91 Å². The molecule has 0 aliphatic heterocycles.